The molecule has 1 saturated heterocycles. The lowest BCUT2D eigenvalue weighted by Gasteiger charge is -2.14. The molecule has 3 nitrogen and oxygen atoms in total. The number of benzene rings is 1. The van der Waals surface area contributed by atoms with Gasteiger partial charge in [-0.05, 0) is 33.3 Å². The smallest absolute Gasteiger partial charge is 0.220 e. The Labute approximate surface area is 114 Å². The van der Waals surface area contributed by atoms with E-state index in [1.54, 1.807) is 0 Å². The van der Waals surface area contributed by atoms with Crippen molar-refractivity contribution in [2.75, 3.05) is 6.61 Å². The highest BCUT2D eigenvalue weighted by Crippen LogP contribution is 2.52. The fourth-order valence-electron chi connectivity index (χ4n) is 2.71. The number of epoxide rings is 1. The lowest BCUT2D eigenvalue weighted by atomic mass is 9.89. The van der Waals surface area contributed by atoms with Crippen LogP contribution < -0.4 is 0 Å². The van der Waals surface area contributed by atoms with Crippen LogP contribution in [0.2, 0.25) is 0 Å². The summed E-state index contributed by atoms with van der Waals surface area (Å²) < 4.78 is 11.8. The van der Waals surface area contributed by atoms with E-state index in [0.29, 0.717) is 6.61 Å². The predicted molar refractivity (Wildman–Crippen MR) is 75.5 cm³/mol. The van der Waals surface area contributed by atoms with Crippen molar-refractivity contribution in [3.05, 3.63) is 35.9 Å². The number of rotatable bonds is 3. The molecule has 0 unspecified atom stereocenters. The Bertz CT molecular complexity index is 519. The van der Waals surface area contributed by atoms with E-state index in [2.05, 4.69) is 52.0 Å². The topological polar surface area (TPSA) is 34.1 Å². The van der Waals surface area contributed by atoms with Crippen LogP contribution in [0.1, 0.15) is 33.3 Å². The van der Waals surface area contributed by atoms with Crippen LogP contribution in [0.5, 0.6) is 0 Å². The van der Waals surface area contributed by atoms with Crippen LogP contribution in [0.15, 0.2) is 35.3 Å². The van der Waals surface area contributed by atoms with E-state index >= 15 is 0 Å². The molecule has 1 aromatic carbocycles. The summed E-state index contributed by atoms with van der Waals surface area (Å²) in [6, 6.07) is 10.4. The maximum Gasteiger partial charge on any atom is 0.220 e. The Balaban J connectivity index is 1.91. The fourth-order valence-corrected chi connectivity index (χ4v) is 2.71. The van der Waals surface area contributed by atoms with Gasteiger partial charge in [0.15, 0.2) is 5.60 Å². The first-order valence-corrected chi connectivity index (χ1v) is 6.82. The second kappa shape index (κ2) is 3.83. The molecular formula is C16H21NO2. The first kappa shape index (κ1) is 12.7. The van der Waals surface area contributed by atoms with Gasteiger partial charge in [0.2, 0.25) is 5.90 Å². The molecule has 1 aromatic rings. The standard InChI is InChI=1S/C16H21NO2/c1-14(2)11-18-13(17-14)16(15(3,4)19-16)10-12-8-6-5-7-9-12/h5-9H,10-11H2,1-4H3/t16-/m1/s1. The normalized spacial score (nSPS) is 30.6. The summed E-state index contributed by atoms with van der Waals surface area (Å²) in [5, 5.41) is 0. The molecule has 1 atom stereocenters. The molecule has 0 saturated carbocycles. The Morgan fingerprint density at radius 3 is 2.21 bits per heavy atom. The van der Waals surface area contributed by atoms with Gasteiger partial charge in [-0.1, -0.05) is 30.3 Å². The SMILES string of the molecule is CC1(C)COC([C@@]2(Cc3ccccc3)OC2(C)C)=N1. The van der Waals surface area contributed by atoms with Crippen molar-refractivity contribution in [1.29, 1.82) is 0 Å². The van der Waals surface area contributed by atoms with Gasteiger partial charge < -0.3 is 9.47 Å². The van der Waals surface area contributed by atoms with Crippen LogP contribution in [0.4, 0.5) is 0 Å². The summed E-state index contributed by atoms with van der Waals surface area (Å²) >= 11 is 0. The Morgan fingerprint density at radius 2 is 1.74 bits per heavy atom. The third-order valence-corrected chi connectivity index (χ3v) is 3.97. The molecule has 0 bridgehead atoms. The van der Waals surface area contributed by atoms with E-state index in [4.69, 9.17) is 14.5 Å². The minimum Gasteiger partial charge on any atom is -0.476 e. The van der Waals surface area contributed by atoms with Crippen LogP contribution in [0, 0.1) is 0 Å². The number of hydrogen-bond acceptors (Lipinski definition) is 3. The van der Waals surface area contributed by atoms with Gasteiger partial charge in [-0.25, -0.2) is 4.99 Å². The second-order valence-corrected chi connectivity index (χ2v) is 6.62. The maximum absolute atomic E-state index is 6.02. The van der Waals surface area contributed by atoms with Gasteiger partial charge in [-0.2, -0.15) is 0 Å². The number of nitrogens with zero attached hydrogens (tertiary/aromatic N) is 1. The molecule has 3 heteroatoms. The molecule has 0 spiro atoms. The zero-order valence-corrected chi connectivity index (χ0v) is 12.1. The fraction of sp³-hybridized carbons (Fsp3) is 0.562. The van der Waals surface area contributed by atoms with Gasteiger partial charge in [-0.3, -0.25) is 0 Å². The second-order valence-electron chi connectivity index (χ2n) is 6.62. The molecule has 0 amide bonds. The molecule has 0 N–H and O–H groups in total. The molecule has 2 heterocycles. The number of ether oxygens (including phenoxy) is 2. The Morgan fingerprint density at radius 1 is 1.11 bits per heavy atom. The molecule has 1 fully saturated rings. The van der Waals surface area contributed by atoms with Crippen LogP contribution in [0.3, 0.4) is 0 Å². The number of aliphatic imine (C=N–C) groups is 1. The predicted octanol–water partition coefficient (Wildman–Crippen LogP) is 2.98. The molecule has 0 aromatic heterocycles. The average molecular weight is 259 g/mol. The van der Waals surface area contributed by atoms with Crippen LogP contribution in [-0.4, -0.2) is 29.2 Å². The summed E-state index contributed by atoms with van der Waals surface area (Å²) in [5.41, 5.74) is 0.523. The minimum atomic E-state index is -0.387. The van der Waals surface area contributed by atoms with Gasteiger partial charge in [0.25, 0.3) is 0 Å². The summed E-state index contributed by atoms with van der Waals surface area (Å²) in [4.78, 5) is 4.72. The van der Waals surface area contributed by atoms with E-state index in [-0.39, 0.29) is 16.7 Å². The lowest BCUT2D eigenvalue weighted by Crippen LogP contribution is -2.34. The van der Waals surface area contributed by atoms with Crippen LogP contribution in [0.25, 0.3) is 0 Å². The van der Waals surface area contributed by atoms with E-state index in [1.165, 1.54) is 5.56 Å². The van der Waals surface area contributed by atoms with Gasteiger partial charge in [-0.15, -0.1) is 0 Å². The molecule has 3 rings (SSSR count). The van der Waals surface area contributed by atoms with Crippen molar-refractivity contribution in [2.24, 2.45) is 4.99 Å². The van der Waals surface area contributed by atoms with E-state index < -0.39 is 0 Å². The largest absolute Gasteiger partial charge is 0.476 e. The molecule has 0 radical (unpaired) electrons. The quantitative estimate of drug-likeness (QED) is 0.782. The summed E-state index contributed by atoms with van der Waals surface area (Å²) in [7, 11) is 0. The first-order chi connectivity index (χ1) is 8.85. The van der Waals surface area contributed by atoms with Crippen LogP contribution >= 0.6 is 0 Å². The van der Waals surface area contributed by atoms with Crippen molar-refractivity contribution in [1.82, 2.24) is 0 Å². The first-order valence-electron chi connectivity index (χ1n) is 6.82. The van der Waals surface area contributed by atoms with Crippen molar-refractivity contribution < 1.29 is 9.47 Å². The minimum absolute atomic E-state index is 0.138. The highest BCUT2D eigenvalue weighted by molar-refractivity contribution is 5.91. The van der Waals surface area contributed by atoms with Gasteiger partial charge in [0.05, 0.1) is 5.54 Å². The third-order valence-electron chi connectivity index (χ3n) is 3.97. The zero-order valence-electron chi connectivity index (χ0n) is 12.1. The highest BCUT2D eigenvalue weighted by atomic mass is 16.7. The number of hydrogen-bond donors (Lipinski definition) is 0. The van der Waals surface area contributed by atoms with Crippen molar-refractivity contribution in [3.8, 4) is 0 Å². The van der Waals surface area contributed by atoms with Gasteiger partial charge in [0, 0.05) is 6.42 Å². The van der Waals surface area contributed by atoms with E-state index in [0.717, 1.165) is 12.3 Å². The summed E-state index contributed by atoms with van der Waals surface area (Å²) in [6.07, 6.45) is 0.815. The molecule has 0 aliphatic carbocycles. The molecule has 19 heavy (non-hydrogen) atoms. The molecular weight excluding hydrogens is 238 g/mol. The summed E-state index contributed by atoms with van der Waals surface area (Å²) in [5.74, 6) is 0.770. The lowest BCUT2D eigenvalue weighted by molar-refractivity contribution is 0.243. The monoisotopic (exact) mass is 259 g/mol. The van der Waals surface area contributed by atoms with Gasteiger partial charge in [0.1, 0.15) is 12.2 Å². The van der Waals surface area contributed by atoms with Gasteiger partial charge >= 0.3 is 0 Å². The third kappa shape index (κ3) is 2.06. The van der Waals surface area contributed by atoms with E-state index in [1.807, 2.05) is 6.07 Å². The summed E-state index contributed by atoms with van der Waals surface area (Å²) in [6.45, 7) is 9.02. The molecule has 2 aliphatic rings. The van der Waals surface area contributed by atoms with Crippen molar-refractivity contribution >= 4 is 5.90 Å². The Hall–Kier alpha value is -1.35. The highest BCUT2D eigenvalue weighted by Gasteiger charge is 2.69. The average Bonchev–Trinajstić information content (AvgIpc) is 2.69. The zero-order chi connectivity index (χ0) is 13.7. The Kier molecular flexibility index (Phi) is 2.55. The van der Waals surface area contributed by atoms with Crippen LogP contribution in [-0.2, 0) is 15.9 Å². The van der Waals surface area contributed by atoms with E-state index in [9.17, 15) is 0 Å². The molecule has 102 valence electrons. The molecule has 2 aliphatic heterocycles. The maximum atomic E-state index is 6.02. The van der Waals surface area contributed by atoms with Crippen molar-refractivity contribution in [2.45, 2.75) is 50.9 Å². The van der Waals surface area contributed by atoms with Crippen molar-refractivity contribution in [3.63, 3.8) is 0 Å².